The average molecular weight is 554 g/mol. The van der Waals surface area contributed by atoms with Gasteiger partial charge in [0.25, 0.3) is 0 Å². The van der Waals surface area contributed by atoms with Gasteiger partial charge in [0.2, 0.25) is 4.77 Å². The molecule has 0 aliphatic carbocycles. The Hall–Kier alpha value is -2.81. The Morgan fingerprint density at radius 1 is 1.38 bits per heavy atom. The summed E-state index contributed by atoms with van der Waals surface area (Å²) in [5.41, 5.74) is 3.55. The minimum Gasteiger partial charge on any atom is -0.463 e. The van der Waals surface area contributed by atoms with Crippen molar-refractivity contribution in [3.8, 4) is 18.1 Å². The van der Waals surface area contributed by atoms with E-state index in [1.54, 1.807) is 44.2 Å². The highest BCUT2D eigenvalue weighted by molar-refractivity contribution is 7.71. The van der Waals surface area contributed by atoms with Gasteiger partial charge in [0, 0.05) is 6.20 Å². The van der Waals surface area contributed by atoms with Crippen molar-refractivity contribution in [1.82, 2.24) is 9.55 Å². The summed E-state index contributed by atoms with van der Waals surface area (Å²) in [6.45, 7) is 4.16. The van der Waals surface area contributed by atoms with Crippen LogP contribution in [0.4, 0.5) is 10.2 Å². The number of rotatable bonds is 10. The van der Waals surface area contributed by atoms with Gasteiger partial charge >= 0.3 is 13.6 Å². The molecule has 0 radical (unpaired) electrons. The predicted octanol–water partition coefficient (Wildman–Crippen LogP) is 3.67. The molecular weight excluding hydrogens is 524 g/mol. The number of anilines is 1. The van der Waals surface area contributed by atoms with Gasteiger partial charge in [0.05, 0.1) is 18.2 Å². The molecule has 3 rings (SSSR count). The Labute approximate surface area is 219 Å². The fourth-order valence-corrected chi connectivity index (χ4v) is 5.74. The second-order valence-electron chi connectivity index (χ2n) is 8.83. The van der Waals surface area contributed by atoms with Crippen molar-refractivity contribution in [3.63, 3.8) is 0 Å². The highest BCUT2D eigenvalue weighted by atomic mass is 32.1. The molecule has 1 aliphatic rings. The summed E-state index contributed by atoms with van der Waals surface area (Å²) in [4.78, 5) is 16.3. The van der Waals surface area contributed by atoms with Crippen LogP contribution in [0.3, 0.4) is 0 Å². The molecule has 2 heterocycles. The van der Waals surface area contributed by atoms with Gasteiger partial charge in [-0.05, 0) is 44.3 Å². The van der Waals surface area contributed by atoms with Crippen LogP contribution in [-0.4, -0.2) is 57.4 Å². The molecule has 3 N–H and O–H groups in total. The molecule has 0 spiro atoms. The van der Waals surface area contributed by atoms with Crippen LogP contribution >= 0.6 is 19.8 Å². The van der Waals surface area contributed by atoms with Crippen molar-refractivity contribution < 1.29 is 37.4 Å². The number of nitrogens with zero attached hydrogens (tertiary/aromatic N) is 2. The largest absolute Gasteiger partial charge is 0.463 e. The van der Waals surface area contributed by atoms with Gasteiger partial charge in [-0.25, -0.2) is 13.9 Å². The van der Waals surface area contributed by atoms with E-state index in [1.165, 1.54) is 19.2 Å². The Bertz CT molecular complexity index is 1250. The molecule has 0 amide bonds. The first kappa shape index (κ1) is 28.8. The SMILES string of the molecule is C#C[C@]1(COP(=O)(C[C@@H](C)C(=O)OC(C)C)Oc2ccccc2)O[C@@H](n2ccc(N)nc2=S)C(F)[C@H]1O. The predicted molar refractivity (Wildman–Crippen MR) is 136 cm³/mol. The van der Waals surface area contributed by atoms with Gasteiger partial charge in [0.1, 0.15) is 24.3 Å². The van der Waals surface area contributed by atoms with E-state index in [9.17, 15) is 14.5 Å². The molecule has 1 saturated heterocycles. The first-order chi connectivity index (χ1) is 17.4. The number of halogens is 1. The lowest BCUT2D eigenvalue weighted by Crippen LogP contribution is -2.45. The summed E-state index contributed by atoms with van der Waals surface area (Å²) < 4.78 is 52.4. The minimum absolute atomic E-state index is 0.0934. The number of nitrogen functional groups attached to an aromatic ring is 1. The number of hydrogen-bond acceptors (Lipinski definition) is 10. The summed E-state index contributed by atoms with van der Waals surface area (Å²) in [7, 11) is -4.12. The number of terminal acetylenes is 1. The van der Waals surface area contributed by atoms with Gasteiger partial charge < -0.3 is 24.8 Å². The van der Waals surface area contributed by atoms with E-state index in [1.807, 2.05) is 0 Å². The van der Waals surface area contributed by atoms with Crippen LogP contribution < -0.4 is 10.3 Å². The Morgan fingerprint density at radius 2 is 2.05 bits per heavy atom. The summed E-state index contributed by atoms with van der Waals surface area (Å²) >= 11 is 5.13. The minimum atomic E-state index is -4.12. The molecule has 13 heteroatoms. The van der Waals surface area contributed by atoms with Crippen LogP contribution in [0.25, 0.3) is 0 Å². The van der Waals surface area contributed by atoms with Crippen LogP contribution in [-0.2, 0) is 23.4 Å². The molecular formula is C24H29FN3O7PS. The number of ether oxygens (including phenoxy) is 2. The third-order valence-corrected chi connectivity index (χ3v) is 7.78. The summed E-state index contributed by atoms with van der Waals surface area (Å²) in [5, 5.41) is 10.7. The number of nitrogens with two attached hydrogens (primary N) is 1. The molecule has 1 aromatic carbocycles. The lowest BCUT2D eigenvalue weighted by Gasteiger charge is -2.29. The normalized spacial score (nSPS) is 25.7. The fourth-order valence-electron chi connectivity index (χ4n) is 3.58. The standard InChI is InChI=1S/C24H29FN3O7PS/c1-5-24(20(29)19(25)21(34-24)28-12-11-18(26)27-23(28)37)14-32-36(31,35-17-9-7-6-8-10-17)13-16(4)22(30)33-15(2)3/h1,6-12,15-16,19-21,29H,13-14H2,2-4H3,(H2,26,27,37)/t16-,19?,20-,21-,24-,36?/m1/s1. The number of aromatic nitrogens is 2. The zero-order chi connectivity index (χ0) is 27.4. The lowest BCUT2D eigenvalue weighted by molar-refractivity contribution is -0.151. The van der Waals surface area contributed by atoms with Crippen LogP contribution in [0.5, 0.6) is 5.75 Å². The number of aliphatic hydroxyl groups excluding tert-OH is 1. The van der Waals surface area contributed by atoms with Gasteiger partial charge in [-0.15, -0.1) is 6.42 Å². The van der Waals surface area contributed by atoms with Crippen molar-refractivity contribution in [2.45, 2.75) is 51.0 Å². The number of alkyl halides is 1. The molecule has 2 unspecified atom stereocenters. The molecule has 6 atom stereocenters. The van der Waals surface area contributed by atoms with Crippen LogP contribution in [0.1, 0.15) is 27.0 Å². The molecule has 200 valence electrons. The number of esters is 1. The van der Waals surface area contributed by atoms with Crippen molar-refractivity contribution in [2.24, 2.45) is 5.92 Å². The average Bonchev–Trinajstić information content (AvgIpc) is 3.08. The number of para-hydroxylation sites is 1. The van der Waals surface area contributed by atoms with Crippen LogP contribution in [0.15, 0.2) is 42.6 Å². The maximum Gasteiger partial charge on any atom is 0.380 e. The summed E-state index contributed by atoms with van der Waals surface area (Å²) in [6, 6.07) is 9.53. The molecule has 0 saturated carbocycles. The first-order valence-corrected chi connectivity index (χ1v) is 13.5. The van der Waals surface area contributed by atoms with E-state index < -0.39 is 50.2 Å². The number of carbonyl (C=O) groups is 1. The number of benzene rings is 1. The third-order valence-electron chi connectivity index (χ3n) is 5.47. The molecule has 37 heavy (non-hydrogen) atoms. The third kappa shape index (κ3) is 6.74. The number of aliphatic hydroxyl groups is 1. The number of carbonyl (C=O) groups excluding carboxylic acids is 1. The van der Waals surface area contributed by atoms with E-state index in [0.717, 1.165) is 4.57 Å². The molecule has 1 fully saturated rings. The summed E-state index contributed by atoms with van der Waals surface area (Å²) in [5.74, 6) is 1.07. The van der Waals surface area contributed by atoms with E-state index in [2.05, 4.69) is 10.9 Å². The Morgan fingerprint density at radius 3 is 2.65 bits per heavy atom. The van der Waals surface area contributed by atoms with Crippen molar-refractivity contribution in [3.05, 3.63) is 47.4 Å². The van der Waals surface area contributed by atoms with Gasteiger partial charge in [0.15, 0.2) is 18.0 Å². The van der Waals surface area contributed by atoms with E-state index in [4.69, 9.17) is 42.9 Å². The lowest BCUT2D eigenvalue weighted by atomic mass is 9.98. The van der Waals surface area contributed by atoms with Crippen LogP contribution in [0.2, 0.25) is 0 Å². The van der Waals surface area contributed by atoms with E-state index in [-0.39, 0.29) is 28.6 Å². The molecule has 10 nitrogen and oxygen atoms in total. The molecule has 0 bridgehead atoms. The van der Waals surface area contributed by atoms with Crippen molar-refractivity contribution in [1.29, 1.82) is 0 Å². The fraction of sp³-hybridized carbons (Fsp3) is 0.458. The smallest absolute Gasteiger partial charge is 0.380 e. The van der Waals surface area contributed by atoms with Crippen molar-refractivity contribution >= 4 is 31.6 Å². The van der Waals surface area contributed by atoms with Crippen molar-refractivity contribution in [2.75, 3.05) is 18.5 Å². The first-order valence-electron chi connectivity index (χ1n) is 11.4. The quantitative estimate of drug-likeness (QED) is 0.194. The zero-order valence-corrected chi connectivity index (χ0v) is 22.2. The van der Waals surface area contributed by atoms with Gasteiger partial charge in [-0.2, -0.15) is 0 Å². The molecule has 2 aromatic rings. The highest BCUT2D eigenvalue weighted by Crippen LogP contribution is 2.52. The second kappa shape index (κ2) is 11.7. The Kier molecular flexibility index (Phi) is 9.10. The maximum absolute atomic E-state index is 15.2. The van der Waals surface area contributed by atoms with E-state index >= 15 is 4.39 Å². The number of hydrogen-bond donors (Lipinski definition) is 2. The molecule has 1 aromatic heterocycles. The van der Waals surface area contributed by atoms with Gasteiger partial charge in [-0.1, -0.05) is 31.0 Å². The highest BCUT2D eigenvalue weighted by Gasteiger charge is 2.56. The van der Waals surface area contributed by atoms with E-state index in [0.29, 0.717) is 0 Å². The van der Waals surface area contributed by atoms with Crippen LogP contribution in [0, 0.1) is 23.0 Å². The Balaban J connectivity index is 1.86. The second-order valence-corrected chi connectivity index (χ2v) is 11.2. The molecule has 1 aliphatic heterocycles. The topological polar surface area (TPSA) is 135 Å². The van der Waals surface area contributed by atoms with Gasteiger partial charge in [-0.3, -0.25) is 13.9 Å². The monoisotopic (exact) mass is 553 g/mol. The maximum atomic E-state index is 15.2. The zero-order valence-electron chi connectivity index (χ0n) is 20.5. The summed E-state index contributed by atoms with van der Waals surface area (Å²) in [6.07, 6.45) is 0.879.